The molecule has 2 bridgehead atoms. The molecule has 44 heavy (non-hydrogen) atoms. The van der Waals surface area contributed by atoms with Gasteiger partial charge in [0.05, 0.1) is 46.1 Å². The van der Waals surface area contributed by atoms with Crippen molar-refractivity contribution in [2.75, 3.05) is 41.4 Å². The van der Waals surface area contributed by atoms with Gasteiger partial charge < -0.3 is 25.1 Å². The Labute approximate surface area is 262 Å². The zero-order chi connectivity index (χ0) is 30.4. The predicted molar refractivity (Wildman–Crippen MR) is 178 cm³/mol. The second kappa shape index (κ2) is 10.1. The number of anilines is 3. The maximum atomic E-state index is 15.0. The van der Waals surface area contributed by atoms with Crippen LogP contribution in [0.4, 0.5) is 17.1 Å². The SMILES string of the molecule is Cc1ccnc(C(C)C)c1-n1c2c(c3c(c1=O)N(C)CC1C4CCC(CN31)N4)CCN(c1cc(O)cc3cccc(Cl)c13)C2. The second-order valence-electron chi connectivity index (χ2n) is 13.4. The zero-order valence-electron chi connectivity index (χ0n) is 25.8. The van der Waals surface area contributed by atoms with Gasteiger partial charge in [-0.05, 0) is 61.3 Å². The third-order valence-corrected chi connectivity index (χ3v) is 10.7. The van der Waals surface area contributed by atoms with Crippen LogP contribution in [-0.2, 0) is 13.0 Å². The summed E-state index contributed by atoms with van der Waals surface area (Å²) in [5.41, 5.74) is 7.94. The minimum absolute atomic E-state index is 0.0178. The first kappa shape index (κ1) is 27.8. The van der Waals surface area contributed by atoms with E-state index in [4.69, 9.17) is 16.6 Å². The van der Waals surface area contributed by atoms with Crippen molar-refractivity contribution in [1.82, 2.24) is 14.9 Å². The third-order valence-electron chi connectivity index (χ3n) is 10.3. The molecule has 4 aliphatic rings. The number of halogens is 1. The van der Waals surface area contributed by atoms with Gasteiger partial charge >= 0.3 is 0 Å². The summed E-state index contributed by atoms with van der Waals surface area (Å²) in [5.74, 6) is 0.345. The second-order valence-corrected chi connectivity index (χ2v) is 13.8. The maximum Gasteiger partial charge on any atom is 0.281 e. The van der Waals surface area contributed by atoms with E-state index in [1.54, 1.807) is 6.07 Å². The monoisotopic (exact) mass is 610 g/mol. The first-order chi connectivity index (χ1) is 21.2. The molecule has 4 aromatic rings. The van der Waals surface area contributed by atoms with Crippen molar-refractivity contribution in [2.24, 2.45) is 0 Å². The van der Waals surface area contributed by atoms with Crippen LogP contribution in [0.25, 0.3) is 16.5 Å². The van der Waals surface area contributed by atoms with Crippen LogP contribution in [0.3, 0.4) is 0 Å². The van der Waals surface area contributed by atoms with Crippen LogP contribution in [0.2, 0.25) is 5.02 Å². The summed E-state index contributed by atoms with van der Waals surface area (Å²) in [5, 5.41) is 17.1. The van der Waals surface area contributed by atoms with E-state index >= 15 is 4.79 Å². The Morgan fingerprint density at radius 2 is 1.93 bits per heavy atom. The van der Waals surface area contributed by atoms with Crippen molar-refractivity contribution in [3.05, 3.63) is 80.5 Å². The lowest BCUT2D eigenvalue weighted by atomic mass is 9.92. The van der Waals surface area contributed by atoms with Crippen molar-refractivity contribution >= 4 is 39.4 Å². The Bertz CT molecular complexity index is 1890. The van der Waals surface area contributed by atoms with E-state index in [1.165, 1.54) is 18.4 Å². The molecule has 3 atom stereocenters. The highest BCUT2D eigenvalue weighted by atomic mass is 35.5. The lowest BCUT2D eigenvalue weighted by Crippen LogP contribution is -2.64. The first-order valence-electron chi connectivity index (χ1n) is 15.9. The van der Waals surface area contributed by atoms with E-state index in [9.17, 15) is 5.11 Å². The van der Waals surface area contributed by atoms with Crippen LogP contribution in [0.15, 0.2) is 47.4 Å². The van der Waals surface area contributed by atoms with Crippen LogP contribution in [0.5, 0.6) is 5.75 Å². The molecule has 228 valence electrons. The molecule has 2 N–H and O–H groups in total. The zero-order valence-corrected chi connectivity index (χ0v) is 26.5. The number of piperazine rings is 1. The van der Waals surface area contributed by atoms with E-state index in [2.05, 4.69) is 47.8 Å². The van der Waals surface area contributed by atoms with Gasteiger partial charge in [0.1, 0.15) is 11.4 Å². The van der Waals surface area contributed by atoms with Crippen LogP contribution in [0, 0.1) is 6.92 Å². The molecule has 0 radical (unpaired) electrons. The van der Waals surface area contributed by atoms with Crippen molar-refractivity contribution in [1.29, 1.82) is 0 Å². The molecule has 0 spiro atoms. The maximum absolute atomic E-state index is 15.0. The van der Waals surface area contributed by atoms with Gasteiger partial charge in [0.25, 0.3) is 5.56 Å². The summed E-state index contributed by atoms with van der Waals surface area (Å²) < 4.78 is 1.98. The molecule has 8 rings (SSSR count). The number of aromatic nitrogens is 2. The van der Waals surface area contributed by atoms with Gasteiger partial charge in [0.15, 0.2) is 0 Å². The highest BCUT2D eigenvalue weighted by Gasteiger charge is 2.46. The smallest absolute Gasteiger partial charge is 0.281 e. The third kappa shape index (κ3) is 4.07. The molecular formula is C35H39ClN6O2. The Morgan fingerprint density at radius 3 is 2.75 bits per heavy atom. The normalized spacial score (nSPS) is 22.4. The standard InChI is InChI=1S/C35H39ClN6O2/c1-19(2)31-32(20(3)10-12-37-31)42-28-18-40(27-15-23(43)14-21-6-5-7-25(36)30(21)27)13-11-24(28)33-34(35(42)44)39(4)17-29-26-9-8-22(38-26)16-41(29)33/h5-7,10,12,14-15,19,22,26,29,38,43H,8-9,11,13,16-18H2,1-4H3. The van der Waals surface area contributed by atoms with Gasteiger partial charge in [-0.2, -0.15) is 0 Å². The number of phenols is 1. The Hall–Kier alpha value is -3.75. The van der Waals surface area contributed by atoms with E-state index in [0.717, 1.165) is 76.5 Å². The number of aryl methyl sites for hydroxylation is 1. The summed E-state index contributed by atoms with van der Waals surface area (Å²) in [6.07, 6.45) is 4.99. The quantitative estimate of drug-likeness (QED) is 0.317. The van der Waals surface area contributed by atoms with E-state index < -0.39 is 0 Å². The molecule has 2 aromatic heterocycles. The summed E-state index contributed by atoms with van der Waals surface area (Å²) in [6.45, 7) is 9.38. The Morgan fingerprint density at radius 1 is 1.09 bits per heavy atom. The number of hydrogen-bond donors (Lipinski definition) is 2. The van der Waals surface area contributed by atoms with Crippen molar-refractivity contribution in [3.63, 3.8) is 0 Å². The summed E-state index contributed by atoms with van der Waals surface area (Å²) in [4.78, 5) is 26.9. The minimum Gasteiger partial charge on any atom is -0.508 e. The molecule has 9 heteroatoms. The Balaban J connectivity index is 1.39. The van der Waals surface area contributed by atoms with Gasteiger partial charge in [-0.3, -0.25) is 14.3 Å². The number of fused-ring (bicyclic) bond motifs is 9. The fraction of sp³-hybridized carbons (Fsp3) is 0.429. The number of rotatable bonds is 3. The first-order valence-corrected chi connectivity index (χ1v) is 16.3. The van der Waals surface area contributed by atoms with Crippen LogP contribution < -0.4 is 25.6 Å². The van der Waals surface area contributed by atoms with Gasteiger partial charge in [0.2, 0.25) is 0 Å². The summed E-state index contributed by atoms with van der Waals surface area (Å²) in [6, 6.07) is 12.6. The van der Waals surface area contributed by atoms with Crippen LogP contribution >= 0.6 is 11.6 Å². The molecule has 0 aliphatic carbocycles. The summed E-state index contributed by atoms with van der Waals surface area (Å²) >= 11 is 6.79. The number of aromatic hydroxyl groups is 1. The van der Waals surface area contributed by atoms with Gasteiger partial charge in [-0.1, -0.05) is 37.6 Å². The molecule has 2 aromatic carbocycles. The molecule has 8 nitrogen and oxygen atoms in total. The lowest BCUT2D eigenvalue weighted by molar-refractivity contribution is 0.370. The van der Waals surface area contributed by atoms with Gasteiger partial charge in [-0.25, -0.2) is 0 Å². The van der Waals surface area contributed by atoms with Crippen molar-refractivity contribution in [2.45, 2.75) is 70.6 Å². The van der Waals surface area contributed by atoms with Gasteiger partial charge in [0, 0.05) is 62.0 Å². The van der Waals surface area contributed by atoms with Gasteiger partial charge in [-0.15, -0.1) is 0 Å². The molecular weight excluding hydrogens is 572 g/mol. The number of hydrogen-bond acceptors (Lipinski definition) is 7. The van der Waals surface area contributed by atoms with Crippen molar-refractivity contribution in [3.8, 4) is 11.4 Å². The lowest BCUT2D eigenvalue weighted by Gasteiger charge is -2.50. The van der Waals surface area contributed by atoms with Crippen molar-refractivity contribution < 1.29 is 5.11 Å². The van der Waals surface area contributed by atoms with Crippen LogP contribution in [0.1, 0.15) is 55.1 Å². The number of pyridine rings is 2. The number of nitrogens with zero attached hydrogens (tertiary/aromatic N) is 5. The molecule has 6 heterocycles. The molecule has 0 amide bonds. The largest absolute Gasteiger partial charge is 0.508 e. The molecule has 2 fully saturated rings. The molecule has 4 aliphatic heterocycles. The number of likely N-dealkylation sites (N-methyl/N-ethyl adjacent to an activating group) is 1. The number of nitrogens with one attached hydrogen (secondary N) is 1. The number of benzene rings is 2. The Kier molecular flexibility index (Phi) is 6.40. The molecule has 2 saturated heterocycles. The molecule has 3 unspecified atom stereocenters. The van der Waals surface area contributed by atoms with E-state index in [0.29, 0.717) is 29.7 Å². The van der Waals surface area contributed by atoms with E-state index in [1.807, 2.05) is 41.1 Å². The fourth-order valence-corrected chi connectivity index (χ4v) is 8.68. The highest BCUT2D eigenvalue weighted by Crippen LogP contribution is 2.45. The average Bonchev–Trinajstić information content (AvgIpc) is 3.39. The summed E-state index contributed by atoms with van der Waals surface area (Å²) in [7, 11) is 2.09. The molecule has 0 saturated carbocycles. The average molecular weight is 611 g/mol. The van der Waals surface area contributed by atoms with Crippen LogP contribution in [-0.4, -0.2) is 59.5 Å². The minimum atomic E-state index is 0.0178. The topological polar surface area (TPSA) is 76.9 Å². The number of phenolic OH excluding ortho intramolecular Hbond substituents is 1. The van der Waals surface area contributed by atoms with E-state index in [-0.39, 0.29) is 17.2 Å². The fourth-order valence-electron chi connectivity index (χ4n) is 8.40. The predicted octanol–water partition coefficient (Wildman–Crippen LogP) is 5.50. The highest BCUT2D eigenvalue weighted by molar-refractivity contribution is 6.36.